The molecule has 1 heterocycles. The van der Waals surface area contributed by atoms with Gasteiger partial charge in [0, 0.05) is 20.0 Å². The van der Waals surface area contributed by atoms with E-state index in [1.54, 1.807) is 24.3 Å². The number of nitrogens with zero attached hydrogens (tertiary/aromatic N) is 1. The molecule has 1 aliphatic heterocycles. The molecule has 3 rings (SSSR count). The smallest absolute Gasteiger partial charge is 0.255 e. The second-order valence-electron chi connectivity index (χ2n) is 7.31. The fourth-order valence-corrected chi connectivity index (χ4v) is 3.62. The van der Waals surface area contributed by atoms with Gasteiger partial charge in [0.25, 0.3) is 5.91 Å². The minimum atomic E-state index is -0.432. The van der Waals surface area contributed by atoms with Crippen molar-refractivity contribution in [1.82, 2.24) is 10.2 Å². The van der Waals surface area contributed by atoms with Crippen LogP contribution in [0, 0.1) is 0 Å². The van der Waals surface area contributed by atoms with Crippen molar-refractivity contribution in [2.75, 3.05) is 18.4 Å². The standard InChI is InChI=1S/C23H27N3O3/c1-17(27)24-21(18-10-4-2-5-11-18)16-22(28)25-20-13-7-6-12-19(20)23(29)26-14-8-3-9-15-26/h2,4-7,10-13,21H,3,8-9,14-16H2,1H3,(H,24,27)(H,25,28). The summed E-state index contributed by atoms with van der Waals surface area (Å²) < 4.78 is 0. The number of para-hydroxylation sites is 1. The Bertz CT molecular complexity index is 861. The molecule has 1 saturated heterocycles. The van der Waals surface area contributed by atoms with Crippen LogP contribution in [0.5, 0.6) is 0 Å². The van der Waals surface area contributed by atoms with Crippen molar-refractivity contribution in [3.63, 3.8) is 0 Å². The summed E-state index contributed by atoms with van der Waals surface area (Å²) in [5.74, 6) is -0.513. The summed E-state index contributed by atoms with van der Waals surface area (Å²) in [5.41, 5.74) is 1.86. The quantitative estimate of drug-likeness (QED) is 0.788. The van der Waals surface area contributed by atoms with Gasteiger partial charge in [0.15, 0.2) is 0 Å². The Hall–Kier alpha value is -3.15. The first kappa shape index (κ1) is 20.6. The maximum Gasteiger partial charge on any atom is 0.255 e. The SMILES string of the molecule is CC(=O)NC(CC(=O)Nc1ccccc1C(=O)N1CCCCC1)c1ccccc1. The molecule has 3 amide bonds. The van der Waals surface area contributed by atoms with Crippen molar-refractivity contribution in [2.24, 2.45) is 0 Å². The lowest BCUT2D eigenvalue weighted by molar-refractivity contribution is -0.120. The number of carbonyl (C=O) groups excluding carboxylic acids is 3. The van der Waals surface area contributed by atoms with Crippen LogP contribution in [0.15, 0.2) is 54.6 Å². The van der Waals surface area contributed by atoms with Crippen molar-refractivity contribution >= 4 is 23.4 Å². The third kappa shape index (κ3) is 5.67. The van der Waals surface area contributed by atoms with Crippen molar-refractivity contribution in [1.29, 1.82) is 0 Å². The lowest BCUT2D eigenvalue weighted by atomic mass is 10.0. The predicted octanol–water partition coefficient (Wildman–Crippen LogP) is 3.52. The van der Waals surface area contributed by atoms with Crippen LogP contribution in [0.2, 0.25) is 0 Å². The van der Waals surface area contributed by atoms with E-state index < -0.39 is 6.04 Å². The van der Waals surface area contributed by atoms with Crippen molar-refractivity contribution in [3.8, 4) is 0 Å². The summed E-state index contributed by atoms with van der Waals surface area (Å²) >= 11 is 0. The van der Waals surface area contributed by atoms with E-state index in [1.165, 1.54) is 6.92 Å². The highest BCUT2D eigenvalue weighted by molar-refractivity contribution is 6.04. The molecule has 0 aliphatic carbocycles. The number of benzene rings is 2. The Labute approximate surface area is 171 Å². The van der Waals surface area contributed by atoms with Crippen molar-refractivity contribution in [3.05, 3.63) is 65.7 Å². The molecule has 6 heteroatoms. The molecule has 0 aromatic heterocycles. The van der Waals surface area contributed by atoms with Gasteiger partial charge in [0.05, 0.1) is 23.7 Å². The summed E-state index contributed by atoms with van der Waals surface area (Å²) in [6.45, 7) is 2.93. The zero-order chi connectivity index (χ0) is 20.6. The van der Waals surface area contributed by atoms with Crippen LogP contribution in [0.4, 0.5) is 5.69 Å². The summed E-state index contributed by atoms with van der Waals surface area (Å²) in [4.78, 5) is 39.1. The number of carbonyl (C=O) groups is 3. The van der Waals surface area contributed by atoms with Crippen LogP contribution in [-0.2, 0) is 9.59 Å². The fourth-order valence-electron chi connectivity index (χ4n) is 3.62. The van der Waals surface area contributed by atoms with Gasteiger partial charge >= 0.3 is 0 Å². The molecule has 152 valence electrons. The Morgan fingerprint density at radius 3 is 2.28 bits per heavy atom. The molecule has 1 fully saturated rings. The highest BCUT2D eigenvalue weighted by Gasteiger charge is 2.22. The van der Waals surface area contributed by atoms with E-state index in [1.807, 2.05) is 35.2 Å². The van der Waals surface area contributed by atoms with E-state index in [0.29, 0.717) is 11.3 Å². The van der Waals surface area contributed by atoms with Gasteiger partial charge in [0.1, 0.15) is 0 Å². The molecule has 2 N–H and O–H groups in total. The number of anilines is 1. The highest BCUT2D eigenvalue weighted by Crippen LogP contribution is 2.22. The van der Waals surface area contributed by atoms with Crippen LogP contribution in [0.1, 0.15) is 54.6 Å². The average molecular weight is 393 g/mol. The number of hydrogen-bond donors (Lipinski definition) is 2. The second-order valence-corrected chi connectivity index (χ2v) is 7.31. The second kappa shape index (κ2) is 9.87. The largest absolute Gasteiger partial charge is 0.349 e. The Morgan fingerprint density at radius 1 is 0.931 bits per heavy atom. The van der Waals surface area contributed by atoms with Crippen LogP contribution < -0.4 is 10.6 Å². The molecule has 0 saturated carbocycles. The highest BCUT2D eigenvalue weighted by atomic mass is 16.2. The Balaban J connectivity index is 1.72. The lowest BCUT2D eigenvalue weighted by Gasteiger charge is -2.27. The normalized spacial score (nSPS) is 14.7. The number of likely N-dealkylation sites (tertiary alicyclic amines) is 1. The van der Waals surface area contributed by atoms with E-state index in [-0.39, 0.29) is 24.1 Å². The number of nitrogens with one attached hydrogen (secondary N) is 2. The van der Waals surface area contributed by atoms with Crippen LogP contribution in [0.3, 0.4) is 0 Å². The number of piperidine rings is 1. The maximum absolute atomic E-state index is 12.9. The van der Waals surface area contributed by atoms with Gasteiger partial charge in [0.2, 0.25) is 11.8 Å². The van der Waals surface area contributed by atoms with Crippen LogP contribution >= 0.6 is 0 Å². The molecule has 29 heavy (non-hydrogen) atoms. The molecule has 1 aliphatic rings. The van der Waals surface area contributed by atoms with E-state index in [4.69, 9.17) is 0 Å². The minimum absolute atomic E-state index is 0.0536. The third-order valence-corrected chi connectivity index (χ3v) is 5.04. The van der Waals surface area contributed by atoms with E-state index in [0.717, 1.165) is 37.9 Å². The molecule has 1 unspecified atom stereocenters. The molecule has 0 bridgehead atoms. The van der Waals surface area contributed by atoms with Gasteiger partial charge in [-0.2, -0.15) is 0 Å². The van der Waals surface area contributed by atoms with Crippen molar-refractivity contribution < 1.29 is 14.4 Å². The van der Waals surface area contributed by atoms with Gasteiger partial charge in [-0.3, -0.25) is 14.4 Å². The molecule has 6 nitrogen and oxygen atoms in total. The predicted molar refractivity (Wildman–Crippen MR) is 112 cm³/mol. The first-order chi connectivity index (χ1) is 14.0. The third-order valence-electron chi connectivity index (χ3n) is 5.04. The lowest BCUT2D eigenvalue weighted by Crippen LogP contribution is -2.36. The molecule has 2 aromatic carbocycles. The first-order valence-electron chi connectivity index (χ1n) is 10.0. The summed E-state index contributed by atoms with van der Waals surface area (Å²) in [6.07, 6.45) is 3.24. The number of rotatable bonds is 6. The summed E-state index contributed by atoms with van der Waals surface area (Å²) in [5, 5.41) is 5.69. The molecule has 2 aromatic rings. The fraction of sp³-hybridized carbons (Fsp3) is 0.348. The minimum Gasteiger partial charge on any atom is -0.349 e. The van der Waals surface area contributed by atoms with Crippen molar-refractivity contribution in [2.45, 2.75) is 38.6 Å². The molecular weight excluding hydrogens is 366 g/mol. The van der Waals surface area contributed by atoms with E-state index in [2.05, 4.69) is 10.6 Å². The molecule has 1 atom stereocenters. The number of hydrogen-bond acceptors (Lipinski definition) is 3. The monoisotopic (exact) mass is 393 g/mol. The van der Waals surface area contributed by atoms with Crippen LogP contribution in [-0.4, -0.2) is 35.7 Å². The van der Waals surface area contributed by atoms with E-state index >= 15 is 0 Å². The summed E-state index contributed by atoms with van der Waals surface area (Å²) in [7, 11) is 0. The topological polar surface area (TPSA) is 78.5 Å². The van der Waals surface area contributed by atoms with Gasteiger partial charge < -0.3 is 15.5 Å². The Morgan fingerprint density at radius 2 is 1.59 bits per heavy atom. The summed E-state index contributed by atoms with van der Waals surface area (Å²) in [6, 6.07) is 16.0. The van der Waals surface area contributed by atoms with Gasteiger partial charge in [-0.1, -0.05) is 42.5 Å². The zero-order valence-corrected chi connectivity index (χ0v) is 16.7. The average Bonchev–Trinajstić information content (AvgIpc) is 2.74. The van der Waals surface area contributed by atoms with Crippen LogP contribution in [0.25, 0.3) is 0 Å². The molecule has 0 radical (unpaired) electrons. The molecule has 0 spiro atoms. The molecular formula is C23H27N3O3. The first-order valence-corrected chi connectivity index (χ1v) is 10.0. The zero-order valence-electron chi connectivity index (χ0n) is 16.7. The van der Waals surface area contributed by atoms with Gasteiger partial charge in [-0.05, 0) is 37.0 Å². The van der Waals surface area contributed by atoms with Gasteiger partial charge in [-0.25, -0.2) is 0 Å². The van der Waals surface area contributed by atoms with E-state index in [9.17, 15) is 14.4 Å². The number of amides is 3. The van der Waals surface area contributed by atoms with Gasteiger partial charge in [-0.15, -0.1) is 0 Å². The Kier molecular flexibility index (Phi) is 7.00. The maximum atomic E-state index is 12.9.